The first-order valence-electron chi connectivity index (χ1n) is 4.39. The molecule has 0 aliphatic rings. The molecule has 0 aliphatic heterocycles. The largest absolute Gasteiger partial charge is 0.339 e. The predicted octanol–water partition coefficient (Wildman–Crippen LogP) is 2.25. The molecule has 0 unspecified atom stereocenters. The van der Waals surface area contributed by atoms with Gasteiger partial charge in [0.05, 0.1) is 6.42 Å². The second-order valence-electron chi connectivity index (χ2n) is 3.13. The monoisotopic (exact) mass is 210 g/mol. The van der Waals surface area contributed by atoms with E-state index in [9.17, 15) is 8.78 Å². The standard InChI is InChI=1S/C10H8F2N2O/c1-6-13-9(15-14-6)5-7-3-2-4-8(11)10(7)12/h2-4H,5H2,1H3. The molecule has 1 aromatic heterocycles. The molecule has 0 atom stereocenters. The SMILES string of the molecule is Cc1noc(Cc2cccc(F)c2F)n1. The van der Waals surface area contributed by atoms with Crippen LogP contribution in [0, 0.1) is 18.6 Å². The van der Waals surface area contributed by atoms with E-state index in [0.29, 0.717) is 5.82 Å². The lowest BCUT2D eigenvalue weighted by atomic mass is 10.1. The van der Waals surface area contributed by atoms with Crippen molar-refractivity contribution in [1.82, 2.24) is 10.1 Å². The third-order valence-corrected chi connectivity index (χ3v) is 1.94. The van der Waals surface area contributed by atoms with E-state index in [1.165, 1.54) is 12.1 Å². The third kappa shape index (κ3) is 2.01. The average Bonchev–Trinajstić information content (AvgIpc) is 2.59. The highest BCUT2D eigenvalue weighted by Crippen LogP contribution is 2.14. The van der Waals surface area contributed by atoms with Gasteiger partial charge in [-0.2, -0.15) is 4.98 Å². The highest BCUT2D eigenvalue weighted by Gasteiger charge is 2.11. The van der Waals surface area contributed by atoms with E-state index >= 15 is 0 Å². The Balaban J connectivity index is 2.28. The van der Waals surface area contributed by atoms with Crippen LogP contribution in [0.2, 0.25) is 0 Å². The van der Waals surface area contributed by atoms with Gasteiger partial charge in [0.1, 0.15) is 0 Å². The fourth-order valence-corrected chi connectivity index (χ4v) is 1.26. The van der Waals surface area contributed by atoms with Gasteiger partial charge in [0, 0.05) is 5.56 Å². The van der Waals surface area contributed by atoms with Crippen molar-refractivity contribution in [3.05, 3.63) is 47.1 Å². The summed E-state index contributed by atoms with van der Waals surface area (Å²) >= 11 is 0. The van der Waals surface area contributed by atoms with E-state index in [0.717, 1.165) is 6.07 Å². The number of benzene rings is 1. The zero-order chi connectivity index (χ0) is 10.8. The van der Waals surface area contributed by atoms with Gasteiger partial charge in [-0.1, -0.05) is 17.3 Å². The average molecular weight is 210 g/mol. The summed E-state index contributed by atoms with van der Waals surface area (Å²) in [5.74, 6) is -0.990. The van der Waals surface area contributed by atoms with E-state index < -0.39 is 11.6 Å². The van der Waals surface area contributed by atoms with Crippen molar-refractivity contribution in [2.24, 2.45) is 0 Å². The highest BCUT2D eigenvalue weighted by molar-refractivity contribution is 5.21. The summed E-state index contributed by atoms with van der Waals surface area (Å²) in [5.41, 5.74) is 0.207. The Morgan fingerprint density at radius 2 is 2.13 bits per heavy atom. The Morgan fingerprint density at radius 1 is 1.33 bits per heavy atom. The zero-order valence-electron chi connectivity index (χ0n) is 8.00. The molecule has 3 nitrogen and oxygen atoms in total. The summed E-state index contributed by atoms with van der Waals surface area (Å²) < 4.78 is 30.9. The minimum atomic E-state index is -0.872. The van der Waals surface area contributed by atoms with Crippen LogP contribution in [0.25, 0.3) is 0 Å². The number of halogens is 2. The molecule has 15 heavy (non-hydrogen) atoms. The molecule has 0 saturated carbocycles. The molecule has 0 spiro atoms. The van der Waals surface area contributed by atoms with Gasteiger partial charge in [0.15, 0.2) is 17.5 Å². The molecule has 1 heterocycles. The number of rotatable bonds is 2. The summed E-state index contributed by atoms with van der Waals surface area (Å²) in [5, 5.41) is 3.56. The Hall–Kier alpha value is -1.78. The Labute approximate surface area is 84.7 Å². The topological polar surface area (TPSA) is 38.9 Å². The molecule has 2 aromatic rings. The Kier molecular flexibility index (Phi) is 2.45. The first-order valence-corrected chi connectivity index (χ1v) is 4.39. The molecule has 5 heteroatoms. The Bertz CT molecular complexity index is 482. The van der Waals surface area contributed by atoms with Gasteiger partial charge in [0.2, 0.25) is 5.89 Å². The molecule has 0 N–H and O–H groups in total. The van der Waals surface area contributed by atoms with Crippen molar-refractivity contribution in [2.45, 2.75) is 13.3 Å². The lowest BCUT2D eigenvalue weighted by molar-refractivity contribution is 0.379. The van der Waals surface area contributed by atoms with Gasteiger partial charge in [-0.15, -0.1) is 0 Å². The zero-order valence-corrected chi connectivity index (χ0v) is 8.00. The van der Waals surface area contributed by atoms with E-state index in [1.54, 1.807) is 6.92 Å². The van der Waals surface area contributed by atoms with Gasteiger partial charge in [-0.3, -0.25) is 0 Å². The number of aromatic nitrogens is 2. The molecule has 2 rings (SSSR count). The molecule has 0 aliphatic carbocycles. The minimum absolute atomic E-state index is 0.102. The lowest BCUT2D eigenvalue weighted by Crippen LogP contribution is -1.95. The quantitative estimate of drug-likeness (QED) is 0.763. The van der Waals surface area contributed by atoms with E-state index in [4.69, 9.17) is 4.52 Å². The van der Waals surface area contributed by atoms with Crippen molar-refractivity contribution in [2.75, 3.05) is 0 Å². The van der Waals surface area contributed by atoms with Crippen LogP contribution in [0.3, 0.4) is 0 Å². The molecule has 1 aromatic carbocycles. The molecule has 0 fully saturated rings. The fourth-order valence-electron chi connectivity index (χ4n) is 1.26. The summed E-state index contributed by atoms with van der Waals surface area (Å²) in [7, 11) is 0. The number of hydrogen-bond acceptors (Lipinski definition) is 3. The molecular weight excluding hydrogens is 202 g/mol. The smallest absolute Gasteiger partial charge is 0.231 e. The van der Waals surface area contributed by atoms with Gasteiger partial charge in [-0.25, -0.2) is 8.78 Å². The van der Waals surface area contributed by atoms with Crippen LogP contribution in [-0.2, 0) is 6.42 Å². The van der Waals surface area contributed by atoms with Gasteiger partial charge in [-0.05, 0) is 13.0 Å². The van der Waals surface area contributed by atoms with Gasteiger partial charge in [0.25, 0.3) is 0 Å². The summed E-state index contributed by atoms with van der Waals surface area (Å²) in [4.78, 5) is 3.91. The van der Waals surface area contributed by atoms with Crippen molar-refractivity contribution in [3.8, 4) is 0 Å². The molecule has 0 saturated heterocycles. The molecule has 0 bridgehead atoms. The van der Waals surface area contributed by atoms with Crippen molar-refractivity contribution in [3.63, 3.8) is 0 Å². The van der Waals surface area contributed by atoms with E-state index in [-0.39, 0.29) is 17.9 Å². The molecule has 0 radical (unpaired) electrons. The Morgan fingerprint density at radius 3 is 2.80 bits per heavy atom. The second kappa shape index (κ2) is 3.76. The highest BCUT2D eigenvalue weighted by atomic mass is 19.2. The van der Waals surface area contributed by atoms with Crippen LogP contribution in [0.1, 0.15) is 17.3 Å². The third-order valence-electron chi connectivity index (χ3n) is 1.94. The predicted molar refractivity (Wildman–Crippen MR) is 48.2 cm³/mol. The van der Waals surface area contributed by atoms with E-state index in [1.807, 2.05) is 0 Å². The fraction of sp³-hybridized carbons (Fsp3) is 0.200. The van der Waals surface area contributed by atoms with Crippen molar-refractivity contribution in [1.29, 1.82) is 0 Å². The van der Waals surface area contributed by atoms with Crippen molar-refractivity contribution >= 4 is 0 Å². The first-order chi connectivity index (χ1) is 7.16. The van der Waals surface area contributed by atoms with Crippen LogP contribution >= 0.6 is 0 Å². The maximum absolute atomic E-state index is 13.2. The van der Waals surface area contributed by atoms with E-state index in [2.05, 4.69) is 10.1 Å². The van der Waals surface area contributed by atoms with Crippen molar-refractivity contribution < 1.29 is 13.3 Å². The number of hydrogen-bond donors (Lipinski definition) is 0. The first kappa shape index (κ1) is 9.76. The number of nitrogens with zero attached hydrogens (tertiary/aromatic N) is 2. The summed E-state index contributed by atoms with van der Waals surface area (Å²) in [6.07, 6.45) is 0.102. The molecular formula is C10H8F2N2O. The minimum Gasteiger partial charge on any atom is -0.339 e. The summed E-state index contributed by atoms with van der Waals surface area (Å²) in [6, 6.07) is 3.99. The number of aryl methyl sites for hydroxylation is 1. The maximum Gasteiger partial charge on any atom is 0.231 e. The normalized spacial score (nSPS) is 10.6. The van der Waals surface area contributed by atoms with Gasteiger partial charge < -0.3 is 4.52 Å². The van der Waals surface area contributed by atoms with Crippen LogP contribution in [0.15, 0.2) is 22.7 Å². The van der Waals surface area contributed by atoms with Crippen LogP contribution in [-0.4, -0.2) is 10.1 Å². The van der Waals surface area contributed by atoms with Gasteiger partial charge >= 0.3 is 0 Å². The van der Waals surface area contributed by atoms with Crippen LogP contribution in [0.4, 0.5) is 8.78 Å². The second-order valence-corrected chi connectivity index (χ2v) is 3.13. The molecule has 78 valence electrons. The molecule has 0 amide bonds. The maximum atomic E-state index is 13.2. The lowest BCUT2D eigenvalue weighted by Gasteiger charge is -1.99. The van der Waals surface area contributed by atoms with Crippen LogP contribution < -0.4 is 0 Å². The summed E-state index contributed by atoms with van der Waals surface area (Å²) in [6.45, 7) is 1.66. The van der Waals surface area contributed by atoms with Crippen LogP contribution in [0.5, 0.6) is 0 Å².